The van der Waals surface area contributed by atoms with Crippen molar-refractivity contribution in [1.82, 2.24) is 0 Å². The Labute approximate surface area is 127 Å². The number of aryl methyl sites for hydroxylation is 1. The third kappa shape index (κ3) is 3.45. The summed E-state index contributed by atoms with van der Waals surface area (Å²) in [5.74, 6) is 2.27. The molecular weight excluding hydrogens is 320 g/mol. The van der Waals surface area contributed by atoms with E-state index in [9.17, 15) is 0 Å². The van der Waals surface area contributed by atoms with Crippen molar-refractivity contribution in [2.75, 3.05) is 14.2 Å². The molecule has 3 nitrogen and oxygen atoms in total. The molecule has 0 saturated carbocycles. The van der Waals surface area contributed by atoms with Gasteiger partial charge in [0.2, 0.25) is 0 Å². The number of halogens is 1. The molecule has 4 heteroatoms. The lowest BCUT2D eigenvalue weighted by Crippen LogP contribution is -1.98. The van der Waals surface area contributed by atoms with E-state index in [0.29, 0.717) is 12.4 Å². The first-order valence-electron chi connectivity index (χ1n) is 6.24. The molecule has 0 unspecified atom stereocenters. The van der Waals surface area contributed by atoms with Crippen molar-refractivity contribution in [3.05, 3.63) is 52.0 Å². The molecule has 0 radical (unpaired) electrons. The molecule has 0 saturated heterocycles. The second-order valence-electron chi connectivity index (χ2n) is 4.39. The summed E-state index contributed by atoms with van der Waals surface area (Å²) in [6.45, 7) is 2.52. The van der Waals surface area contributed by atoms with Crippen LogP contribution in [0, 0.1) is 6.92 Å². The van der Waals surface area contributed by atoms with Crippen LogP contribution in [-0.2, 0) is 6.61 Å². The zero-order valence-corrected chi connectivity index (χ0v) is 13.4. The average Bonchev–Trinajstić information content (AvgIpc) is 2.48. The SMILES string of the molecule is COc1ccc(COc2ccc(Br)c(C)c2)cc1OC. The van der Waals surface area contributed by atoms with E-state index in [1.165, 1.54) is 0 Å². The topological polar surface area (TPSA) is 27.7 Å². The monoisotopic (exact) mass is 336 g/mol. The molecular formula is C16H17BrO3. The highest BCUT2D eigenvalue weighted by Gasteiger charge is 2.05. The first-order chi connectivity index (χ1) is 9.63. The third-order valence-corrected chi connectivity index (χ3v) is 3.87. The van der Waals surface area contributed by atoms with E-state index in [2.05, 4.69) is 15.9 Å². The minimum Gasteiger partial charge on any atom is -0.493 e. The van der Waals surface area contributed by atoms with Gasteiger partial charge in [0.15, 0.2) is 11.5 Å². The van der Waals surface area contributed by atoms with Gasteiger partial charge in [-0.3, -0.25) is 0 Å². The summed E-state index contributed by atoms with van der Waals surface area (Å²) in [7, 11) is 3.25. The Morgan fingerprint density at radius 1 is 0.950 bits per heavy atom. The highest BCUT2D eigenvalue weighted by Crippen LogP contribution is 2.28. The van der Waals surface area contributed by atoms with E-state index in [1.54, 1.807) is 14.2 Å². The molecule has 0 heterocycles. The van der Waals surface area contributed by atoms with Crippen molar-refractivity contribution in [1.29, 1.82) is 0 Å². The number of ether oxygens (including phenoxy) is 3. The molecule has 106 valence electrons. The summed E-state index contributed by atoms with van der Waals surface area (Å²) in [4.78, 5) is 0. The summed E-state index contributed by atoms with van der Waals surface area (Å²) < 4.78 is 17.4. The Hall–Kier alpha value is -1.68. The second-order valence-corrected chi connectivity index (χ2v) is 5.24. The molecule has 0 aromatic heterocycles. The Kier molecular flexibility index (Phi) is 4.90. The van der Waals surface area contributed by atoms with Gasteiger partial charge in [-0.05, 0) is 48.4 Å². The Balaban J connectivity index is 2.08. The van der Waals surface area contributed by atoms with Crippen LogP contribution in [0.15, 0.2) is 40.9 Å². The number of benzene rings is 2. The summed E-state index contributed by atoms with van der Waals surface area (Å²) >= 11 is 3.47. The molecule has 0 aliphatic heterocycles. The van der Waals surface area contributed by atoms with Gasteiger partial charge < -0.3 is 14.2 Å². The largest absolute Gasteiger partial charge is 0.493 e. The molecule has 20 heavy (non-hydrogen) atoms. The van der Waals surface area contributed by atoms with E-state index >= 15 is 0 Å². The molecule has 0 spiro atoms. The van der Waals surface area contributed by atoms with Gasteiger partial charge in [-0.1, -0.05) is 22.0 Å². The summed E-state index contributed by atoms with van der Waals surface area (Å²) in [6, 6.07) is 11.7. The van der Waals surface area contributed by atoms with Gasteiger partial charge in [-0.2, -0.15) is 0 Å². The molecule has 0 amide bonds. The van der Waals surface area contributed by atoms with Crippen LogP contribution in [0.25, 0.3) is 0 Å². The third-order valence-electron chi connectivity index (χ3n) is 2.98. The molecule has 0 aliphatic carbocycles. The maximum atomic E-state index is 5.78. The fraction of sp³-hybridized carbons (Fsp3) is 0.250. The van der Waals surface area contributed by atoms with Crippen LogP contribution in [0.2, 0.25) is 0 Å². The minimum absolute atomic E-state index is 0.488. The van der Waals surface area contributed by atoms with Gasteiger partial charge in [-0.25, -0.2) is 0 Å². The maximum Gasteiger partial charge on any atom is 0.161 e. The zero-order valence-electron chi connectivity index (χ0n) is 11.8. The van der Waals surface area contributed by atoms with Crippen LogP contribution in [0.1, 0.15) is 11.1 Å². The maximum absolute atomic E-state index is 5.78. The highest BCUT2D eigenvalue weighted by atomic mass is 79.9. The van der Waals surface area contributed by atoms with Gasteiger partial charge in [0, 0.05) is 4.47 Å². The lowest BCUT2D eigenvalue weighted by Gasteiger charge is -2.11. The van der Waals surface area contributed by atoms with E-state index in [0.717, 1.165) is 27.1 Å². The van der Waals surface area contributed by atoms with Crippen LogP contribution in [-0.4, -0.2) is 14.2 Å². The minimum atomic E-state index is 0.488. The van der Waals surface area contributed by atoms with Crippen molar-refractivity contribution in [2.45, 2.75) is 13.5 Å². The van der Waals surface area contributed by atoms with Gasteiger partial charge in [0.05, 0.1) is 14.2 Å². The van der Waals surface area contributed by atoms with E-state index in [1.807, 2.05) is 43.3 Å². The molecule has 0 bridgehead atoms. The van der Waals surface area contributed by atoms with E-state index in [4.69, 9.17) is 14.2 Å². The summed E-state index contributed by atoms with van der Waals surface area (Å²) in [5, 5.41) is 0. The molecule has 2 aromatic rings. The van der Waals surface area contributed by atoms with Crippen molar-refractivity contribution < 1.29 is 14.2 Å². The van der Waals surface area contributed by atoms with E-state index < -0.39 is 0 Å². The van der Waals surface area contributed by atoms with Crippen molar-refractivity contribution in [3.8, 4) is 17.2 Å². The molecule has 2 aromatic carbocycles. The number of hydrogen-bond acceptors (Lipinski definition) is 3. The predicted molar refractivity (Wildman–Crippen MR) is 82.8 cm³/mol. The van der Waals surface area contributed by atoms with Crippen molar-refractivity contribution in [3.63, 3.8) is 0 Å². The Bertz CT molecular complexity index is 596. The van der Waals surface area contributed by atoms with E-state index in [-0.39, 0.29) is 0 Å². The first kappa shape index (κ1) is 14.7. The standard InChI is InChI=1S/C16H17BrO3/c1-11-8-13(5-6-14(11)17)20-10-12-4-7-15(18-2)16(9-12)19-3/h4-9H,10H2,1-3H3. The Morgan fingerprint density at radius 3 is 2.35 bits per heavy atom. The van der Waals surface area contributed by atoms with Crippen LogP contribution in [0.3, 0.4) is 0 Å². The van der Waals surface area contributed by atoms with Gasteiger partial charge in [0.25, 0.3) is 0 Å². The number of rotatable bonds is 5. The quantitative estimate of drug-likeness (QED) is 0.812. The predicted octanol–water partition coefficient (Wildman–Crippen LogP) is 4.35. The van der Waals surface area contributed by atoms with Gasteiger partial charge in [0.1, 0.15) is 12.4 Å². The summed E-state index contributed by atoms with van der Waals surface area (Å²) in [6.07, 6.45) is 0. The smallest absolute Gasteiger partial charge is 0.161 e. The average molecular weight is 337 g/mol. The first-order valence-corrected chi connectivity index (χ1v) is 7.03. The van der Waals surface area contributed by atoms with Crippen LogP contribution in [0.5, 0.6) is 17.2 Å². The zero-order chi connectivity index (χ0) is 14.5. The molecule has 0 aliphatic rings. The molecule has 0 N–H and O–H groups in total. The fourth-order valence-electron chi connectivity index (χ4n) is 1.84. The molecule has 0 atom stereocenters. The molecule has 0 fully saturated rings. The number of methoxy groups -OCH3 is 2. The lowest BCUT2D eigenvalue weighted by atomic mass is 10.2. The number of hydrogen-bond donors (Lipinski definition) is 0. The fourth-order valence-corrected chi connectivity index (χ4v) is 2.09. The normalized spacial score (nSPS) is 10.2. The van der Waals surface area contributed by atoms with Crippen LogP contribution in [0.4, 0.5) is 0 Å². The lowest BCUT2D eigenvalue weighted by molar-refractivity contribution is 0.303. The second kappa shape index (κ2) is 6.66. The Morgan fingerprint density at radius 2 is 1.70 bits per heavy atom. The highest BCUT2D eigenvalue weighted by molar-refractivity contribution is 9.10. The van der Waals surface area contributed by atoms with Crippen molar-refractivity contribution >= 4 is 15.9 Å². The van der Waals surface area contributed by atoms with Crippen molar-refractivity contribution in [2.24, 2.45) is 0 Å². The summed E-state index contributed by atoms with van der Waals surface area (Å²) in [5.41, 5.74) is 2.18. The van der Waals surface area contributed by atoms with Crippen LogP contribution >= 0.6 is 15.9 Å². The van der Waals surface area contributed by atoms with Gasteiger partial charge >= 0.3 is 0 Å². The molecule has 2 rings (SSSR count). The van der Waals surface area contributed by atoms with Crippen LogP contribution < -0.4 is 14.2 Å². The van der Waals surface area contributed by atoms with Gasteiger partial charge in [-0.15, -0.1) is 0 Å².